The minimum Gasteiger partial charge on any atom is -0.518 e. The molecule has 0 aliphatic carbocycles. The van der Waals surface area contributed by atoms with Crippen LogP contribution in [-0.4, -0.2) is 15.2 Å². The van der Waals surface area contributed by atoms with Crippen LogP contribution in [0.15, 0.2) is 12.1 Å². The Morgan fingerprint density at radius 2 is 1.50 bits per heavy atom. The van der Waals surface area contributed by atoms with Crippen molar-refractivity contribution in [1.82, 2.24) is 0 Å². The molecule has 0 unspecified atom stereocenters. The second-order valence-corrected chi connectivity index (χ2v) is 10.3. The van der Waals surface area contributed by atoms with Gasteiger partial charge in [-0.3, -0.25) is 0 Å². The van der Waals surface area contributed by atoms with Gasteiger partial charge in [0.2, 0.25) is 0 Å². The highest BCUT2D eigenvalue weighted by atomic mass is 35.5. The Kier molecular flexibility index (Phi) is 9.18. The van der Waals surface area contributed by atoms with Gasteiger partial charge < -0.3 is 8.85 Å². The standard InChI is InChI=1S/C16H25Cl3O2Si/c1-4-5-6-7-8-9-12-20-22(2,3)21-16-14(18)11-10-13(17)15(16)19/h10-11H,4-9,12H2,1-3H3. The van der Waals surface area contributed by atoms with Gasteiger partial charge in [0.15, 0.2) is 0 Å². The number of halogens is 3. The summed E-state index contributed by atoms with van der Waals surface area (Å²) in [5, 5.41) is 1.23. The van der Waals surface area contributed by atoms with E-state index in [1.807, 2.05) is 13.1 Å². The van der Waals surface area contributed by atoms with Gasteiger partial charge in [-0.05, 0) is 31.6 Å². The molecular formula is C16H25Cl3O2Si. The van der Waals surface area contributed by atoms with E-state index in [4.69, 9.17) is 43.7 Å². The van der Waals surface area contributed by atoms with Gasteiger partial charge in [0, 0.05) is 6.61 Å². The minimum absolute atomic E-state index is 0.345. The van der Waals surface area contributed by atoms with Crippen LogP contribution in [0.1, 0.15) is 45.4 Å². The first kappa shape index (κ1) is 20.1. The van der Waals surface area contributed by atoms with E-state index in [0.29, 0.717) is 27.4 Å². The van der Waals surface area contributed by atoms with Crippen molar-refractivity contribution in [2.75, 3.05) is 6.61 Å². The fraction of sp³-hybridized carbons (Fsp3) is 0.625. The largest absolute Gasteiger partial charge is 0.518 e. The summed E-state index contributed by atoms with van der Waals surface area (Å²) in [6.45, 7) is 6.90. The van der Waals surface area contributed by atoms with Gasteiger partial charge in [-0.15, -0.1) is 0 Å². The third-order valence-electron chi connectivity index (χ3n) is 3.30. The van der Waals surface area contributed by atoms with Crippen molar-refractivity contribution in [1.29, 1.82) is 0 Å². The topological polar surface area (TPSA) is 18.5 Å². The van der Waals surface area contributed by atoms with Crippen LogP contribution in [0.2, 0.25) is 28.2 Å². The third-order valence-corrected chi connectivity index (χ3v) is 5.98. The van der Waals surface area contributed by atoms with Gasteiger partial charge in [0.05, 0.1) is 10.0 Å². The molecule has 6 heteroatoms. The maximum Gasteiger partial charge on any atom is 0.392 e. The zero-order valence-electron chi connectivity index (χ0n) is 13.6. The highest BCUT2D eigenvalue weighted by Gasteiger charge is 2.29. The number of benzene rings is 1. The van der Waals surface area contributed by atoms with Gasteiger partial charge in [-0.2, -0.15) is 0 Å². The van der Waals surface area contributed by atoms with Crippen LogP contribution in [0.5, 0.6) is 5.75 Å². The van der Waals surface area contributed by atoms with Crippen LogP contribution in [0.4, 0.5) is 0 Å². The minimum atomic E-state index is -2.33. The molecule has 0 bridgehead atoms. The fourth-order valence-corrected chi connectivity index (χ4v) is 4.20. The average molecular weight is 384 g/mol. The second-order valence-electron chi connectivity index (χ2n) is 5.79. The van der Waals surface area contributed by atoms with Gasteiger partial charge in [-0.25, -0.2) is 0 Å². The lowest BCUT2D eigenvalue weighted by Gasteiger charge is -2.25. The molecule has 0 N–H and O–H groups in total. The third kappa shape index (κ3) is 7.09. The first-order chi connectivity index (χ1) is 10.4. The van der Waals surface area contributed by atoms with E-state index in [9.17, 15) is 0 Å². The lowest BCUT2D eigenvalue weighted by atomic mass is 10.1. The Morgan fingerprint density at radius 3 is 2.18 bits per heavy atom. The molecule has 1 rings (SSSR count). The Hall–Kier alpha value is 0.0669. The van der Waals surface area contributed by atoms with Crippen molar-refractivity contribution in [3.8, 4) is 5.75 Å². The smallest absolute Gasteiger partial charge is 0.392 e. The maximum absolute atomic E-state index is 6.16. The van der Waals surface area contributed by atoms with Gasteiger partial charge in [0.25, 0.3) is 0 Å². The first-order valence-corrected chi connectivity index (χ1v) is 11.8. The van der Waals surface area contributed by atoms with Crippen LogP contribution in [0.3, 0.4) is 0 Å². The van der Waals surface area contributed by atoms with Gasteiger partial charge >= 0.3 is 8.56 Å². The average Bonchev–Trinajstić information content (AvgIpc) is 2.47. The molecule has 0 aromatic heterocycles. The van der Waals surface area contributed by atoms with E-state index < -0.39 is 8.56 Å². The molecule has 0 saturated carbocycles. The van der Waals surface area contributed by atoms with E-state index in [0.717, 1.165) is 6.42 Å². The van der Waals surface area contributed by atoms with Crippen LogP contribution < -0.4 is 4.43 Å². The summed E-state index contributed by atoms with van der Waals surface area (Å²) in [5.74, 6) is 0.426. The van der Waals surface area contributed by atoms with E-state index in [2.05, 4.69) is 6.92 Å². The van der Waals surface area contributed by atoms with E-state index in [1.165, 1.54) is 32.1 Å². The Labute approximate surface area is 150 Å². The zero-order chi connectivity index (χ0) is 16.6. The summed E-state index contributed by atoms with van der Waals surface area (Å²) in [4.78, 5) is 0. The lowest BCUT2D eigenvalue weighted by molar-refractivity contribution is 0.241. The van der Waals surface area contributed by atoms with Crippen molar-refractivity contribution in [3.63, 3.8) is 0 Å². The van der Waals surface area contributed by atoms with Crippen molar-refractivity contribution >= 4 is 43.4 Å². The number of rotatable bonds is 10. The van der Waals surface area contributed by atoms with E-state index in [-0.39, 0.29) is 0 Å². The summed E-state index contributed by atoms with van der Waals surface area (Å²) in [6.07, 6.45) is 7.42. The molecule has 1 aromatic carbocycles. The van der Waals surface area contributed by atoms with E-state index >= 15 is 0 Å². The van der Waals surface area contributed by atoms with Crippen LogP contribution in [-0.2, 0) is 4.43 Å². The second kappa shape index (κ2) is 10.0. The zero-order valence-corrected chi connectivity index (χ0v) is 16.8. The van der Waals surface area contributed by atoms with Crippen molar-refractivity contribution in [2.45, 2.75) is 58.5 Å². The number of hydrogen-bond acceptors (Lipinski definition) is 2. The molecule has 0 amide bonds. The molecular weight excluding hydrogens is 359 g/mol. The monoisotopic (exact) mass is 382 g/mol. The summed E-state index contributed by atoms with van der Waals surface area (Å²) >= 11 is 18.3. The van der Waals surface area contributed by atoms with Crippen molar-refractivity contribution in [3.05, 3.63) is 27.2 Å². The molecule has 0 heterocycles. The summed E-state index contributed by atoms with van der Waals surface area (Å²) in [5.41, 5.74) is 0. The highest BCUT2D eigenvalue weighted by Crippen LogP contribution is 2.39. The Morgan fingerprint density at radius 1 is 0.909 bits per heavy atom. The molecule has 1 aromatic rings. The van der Waals surface area contributed by atoms with Crippen molar-refractivity contribution < 1.29 is 8.85 Å². The summed E-state index contributed by atoms with van der Waals surface area (Å²) < 4.78 is 11.9. The van der Waals surface area contributed by atoms with Gasteiger partial charge in [0.1, 0.15) is 10.8 Å². The normalized spacial score (nSPS) is 11.7. The fourth-order valence-electron chi connectivity index (χ4n) is 2.08. The van der Waals surface area contributed by atoms with Crippen LogP contribution in [0, 0.1) is 0 Å². The first-order valence-electron chi connectivity index (χ1n) is 7.84. The lowest BCUT2D eigenvalue weighted by Crippen LogP contribution is -2.38. The molecule has 0 fully saturated rings. The van der Waals surface area contributed by atoms with Crippen LogP contribution >= 0.6 is 34.8 Å². The molecule has 126 valence electrons. The van der Waals surface area contributed by atoms with Crippen LogP contribution in [0.25, 0.3) is 0 Å². The molecule has 0 spiro atoms. The molecule has 0 aliphatic heterocycles. The molecule has 0 saturated heterocycles. The van der Waals surface area contributed by atoms with Gasteiger partial charge in [-0.1, -0.05) is 73.8 Å². The SMILES string of the molecule is CCCCCCCCO[Si](C)(C)Oc1c(Cl)ccc(Cl)c1Cl. The Bertz CT molecular complexity index is 467. The molecule has 22 heavy (non-hydrogen) atoms. The highest BCUT2D eigenvalue weighted by molar-refractivity contribution is 6.65. The predicted octanol–water partition coefficient (Wildman–Crippen LogP) is 7.10. The Balaban J connectivity index is 2.42. The predicted molar refractivity (Wildman–Crippen MR) is 98.9 cm³/mol. The summed E-state index contributed by atoms with van der Waals surface area (Å²) in [6, 6.07) is 3.34. The molecule has 0 radical (unpaired) electrons. The number of hydrogen-bond donors (Lipinski definition) is 0. The maximum atomic E-state index is 6.16. The summed E-state index contributed by atoms with van der Waals surface area (Å²) in [7, 11) is -2.33. The molecule has 0 atom stereocenters. The van der Waals surface area contributed by atoms with Crippen molar-refractivity contribution in [2.24, 2.45) is 0 Å². The quantitative estimate of drug-likeness (QED) is 0.243. The van der Waals surface area contributed by atoms with E-state index in [1.54, 1.807) is 12.1 Å². The molecule has 2 nitrogen and oxygen atoms in total. The molecule has 0 aliphatic rings. The number of unbranched alkanes of at least 4 members (excludes halogenated alkanes) is 5.